The largest absolute Gasteiger partial charge is 0.302 e. The van der Waals surface area contributed by atoms with E-state index in [4.69, 9.17) is 0 Å². The van der Waals surface area contributed by atoms with Crippen molar-refractivity contribution in [2.45, 2.75) is 45.7 Å². The summed E-state index contributed by atoms with van der Waals surface area (Å²) < 4.78 is 0. The summed E-state index contributed by atoms with van der Waals surface area (Å²) in [6.07, 6.45) is 2.72. The van der Waals surface area contributed by atoms with Crippen LogP contribution in [-0.4, -0.2) is 0 Å². The van der Waals surface area contributed by atoms with E-state index in [1.54, 1.807) is 0 Å². The SMILES string of the molecule is Cc1ccc(C(NC(c2cccs2)C(C)C)C2CC2)cc1. The highest BCUT2D eigenvalue weighted by molar-refractivity contribution is 7.10. The number of nitrogens with one attached hydrogen (secondary N) is 1. The second-order valence-electron chi connectivity index (χ2n) is 6.63. The van der Waals surface area contributed by atoms with Crippen molar-refractivity contribution in [2.75, 3.05) is 0 Å². The molecule has 2 atom stereocenters. The first kappa shape index (κ1) is 14.8. The van der Waals surface area contributed by atoms with E-state index in [0.717, 1.165) is 5.92 Å². The van der Waals surface area contributed by atoms with Crippen molar-refractivity contribution in [1.29, 1.82) is 0 Å². The molecule has 1 N–H and O–H groups in total. The van der Waals surface area contributed by atoms with Crippen molar-refractivity contribution in [3.8, 4) is 0 Å². The maximum Gasteiger partial charge on any atom is 0.0442 e. The van der Waals surface area contributed by atoms with Crippen LogP contribution in [0.1, 0.15) is 54.8 Å². The Morgan fingerprint density at radius 2 is 1.81 bits per heavy atom. The third-order valence-electron chi connectivity index (χ3n) is 4.41. The molecule has 1 aliphatic carbocycles. The lowest BCUT2D eigenvalue weighted by atomic mass is 9.96. The van der Waals surface area contributed by atoms with Gasteiger partial charge >= 0.3 is 0 Å². The molecule has 2 aromatic rings. The van der Waals surface area contributed by atoms with Crippen molar-refractivity contribution in [2.24, 2.45) is 11.8 Å². The molecule has 1 heterocycles. The molecule has 0 saturated heterocycles. The van der Waals surface area contributed by atoms with Crippen LogP contribution in [0.4, 0.5) is 0 Å². The van der Waals surface area contributed by atoms with Gasteiger partial charge in [0.15, 0.2) is 0 Å². The Morgan fingerprint density at radius 1 is 1.10 bits per heavy atom. The zero-order valence-corrected chi connectivity index (χ0v) is 14.0. The first-order chi connectivity index (χ1) is 10.1. The van der Waals surface area contributed by atoms with Crippen LogP contribution in [0.2, 0.25) is 0 Å². The zero-order chi connectivity index (χ0) is 14.8. The summed E-state index contributed by atoms with van der Waals surface area (Å²) in [5.74, 6) is 1.42. The fourth-order valence-corrected chi connectivity index (χ4v) is 3.93. The highest BCUT2D eigenvalue weighted by Crippen LogP contribution is 2.43. The van der Waals surface area contributed by atoms with Gasteiger partial charge in [-0.1, -0.05) is 49.7 Å². The van der Waals surface area contributed by atoms with E-state index in [1.807, 2.05) is 11.3 Å². The minimum absolute atomic E-state index is 0.455. The van der Waals surface area contributed by atoms with Gasteiger partial charge in [-0.15, -0.1) is 11.3 Å². The van der Waals surface area contributed by atoms with Crippen LogP contribution in [0.3, 0.4) is 0 Å². The Labute approximate surface area is 132 Å². The van der Waals surface area contributed by atoms with Gasteiger partial charge in [-0.3, -0.25) is 0 Å². The number of thiophene rings is 1. The van der Waals surface area contributed by atoms with Crippen molar-refractivity contribution >= 4 is 11.3 Å². The molecule has 21 heavy (non-hydrogen) atoms. The topological polar surface area (TPSA) is 12.0 Å². The monoisotopic (exact) mass is 299 g/mol. The molecule has 0 spiro atoms. The first-order valence-electron chi connectivity index (χ1n) is 8.01. The summed E-state index contributed by atoms with van der Waals surface area (Å²) in [5.41, 5.74) is 2.79. The number of aryl methyl sites for hydroxylation is 1. The van der Waals surface area contributed by atoms with E-state index in [-0.39, 0.29) is 0 Å². The molecule has 1 aliphatic rings. The van der Waals surface area contributed by atoms with Crippen LogP contribution in [0.5, 0.6) is 0 Å². The zero-order valence-electron chi connectivity index (χ0n) is 13.2. The van der Waals surface area contributed by atoms with E-state index < -0.39 is 0 Å². The molecule has 1 saturated carbocycles. The number of benzene rings is 1. The van der Waals surface area contributed by atoms with Gasteiger partial charge in [-0.05, 0) is 48.6 Å². The molecular formula is C19H25NS. The van der Waals surface area contributed by atoms with Crippen molar-refractivity contribution in [1.82, 2.24) is 5.32 Å². The van der Waals surface area contributed by atoms with Gasteiger partial charge < -0.3 is 5.32 Å². The van der Waals surface area contributed by atoms with Gasteiger partial charge in [0.25, 0.3) is 0 Å². The third-order valence-corrected chi connectivity index (χ3v) is 5.36. The molecule has 0 amide bonds. The van der Waals surface area contributed by atoms with E-state index in [0.29, 0.717) is 18.0 Å². The molecule has 1 aromatic carbocycles. The third kappa shape index (κ3) is 3.56. The van der Waals surface area contributed by atoms with E-state index in [2.05, 4.69) is 67.9 Å². The Hall–Kier alpha value is -1.12. The lowest BCUT2D eigenvalue weighted by molar-refractivity contribution is 0.346. The van der Waals surface area contributed by atoms with E-state index >= 15 is 0 Å². The second kappa shape index (κ2) is 6.33. The number of hydrogen-bond acceptors (Lipinski definition) is 2. The van der Waals surface area contributed by atoms with Gasteiger partial charge in [0, 0.05) is 17.0 Å². The smallest absolute Gasteiger partial charge is 0.0442 e. The Morgan fingerprint density at radius 3 is 2.33 bits per heavy atom. The van der Waals surface area contributed by atoms with Crippen LogP contribution in [-0.2, 0) is 0 Å². The summed E-state index contributed by atoms with van der Waals surface area (Å²) in [6, 6.07) is 14.5. The minimum Gasteiger partial charge on any atom is -0.302 e. The number of rotatable bonds is 6. The summed E-state index contributed by atoms with van der Waals surface area (Å²) >= 11 is 1.87. The molecule has 2 heteroatoms. The highest BCUT2D eigenvalue weighted by atomic mass is 32.1. The van der Waals surface area contributed by atoms with Crippen molar-refractivity contribution in [3.05, 3.63) is 57.8 Å². The molecule has 1 aromatic heterocycles. The van der Waals surface area contributed by atoms with Gasteiger partial charge in [0.05, 0.1) is 0 Å². The molecule has 1 fully saturated rings. The average molecular weight is 299 g/mol. The normalized spacial score (nSPS) is 17.9. The van der Waals surface area contributed by atoms with Gasteiger partial charge in [0.2, 0.25) is 0 Å². The Balaban J connectivity index is 1.82. The Kier molecular flexibility index (Phi) is 4.46. The van der Waals surface area contributed by atoms with Crippen molar-refractivity contribution in [3.63, 3.8) is 0 Å². The molecule has 0 aliphatic heterocycles. The highest BCUT2D eigenvalue weighted by Gasteiger charge is 2.34. The minimum atomic E-state index is 0.455. The lowest BCUT2D eigenvalue weighted by Gasteiger charge is -2.28. The van der Waals surface area contributed by atoms with Crippen LogP contribution < -0.4 is 5.32 Å². The molecule has 2 unspecified atom stereocenters. The van der Waals surface area contributed by atoms with Crippen LogP contribution >= 0.6 is 11.3 Å². The fraction of sp³-hybridized carbons (Fsp3) is 0.474. The average Bonchev–Trinajstić information content (AvgIpc) is 3.16. The van der Waals surface area contributed by atoms with E-state index in [1.165, 1.54) is 28.8 Å². The lowest BCUT2D eigenvalue weighted by Crippen LogP contribution is -2.30. The van der Waals surface area contributed by atoms with Gasteiger partial charge in [-0.2, -0.15) is 0 Å². The molecule has 112 valence electrons. The quantitative estimate of drug-likeness (QED) is 0.743. The predicted octanol–water partition coefficient (Wildman–Crippen LogP) is 5.49. The van der Waals surface area contributed by atoms with E-state index in [9.17, 15) is 0 Å². The fourth-order valence-electron chi connectivity index (χ4n) is 2.97. The van der Waals surface area contributed by atoms with Crippen LogP contribution in [0, 0.1) is 18.8 Å². The molecule has 0 bridgehead atoms. The summed E-state index contributed by atoms with van der Waals surface area (Å²) in [5, 5.41) is 6.15. The second-order valence-corrected chi connectivity index (χ2v) is 7.61. The summed E-state index contributed by atoms with van der Waals surface area (Å²) in [7, 11) is 0. The molecule has 0 radical (unpaired) electrons. The van der Waals surface area contributed by atoms with Gasteiger partial charge in [-0.25, -0.2) is 0 Å². The molecule has 1 nitrogen and oxygen atoms in total. The summed E-state index contributed by atoms with van der Waals surface area (Å²) in [6.45, 7) is 6.79. The maximum atomic E-state index is 3.96. The maximum absolute atomic E-state index is 3.96. The molecular weight excluding hydrogens is 274 g/mol. The summed E-state index contributed by atoms with van der Waals surface area (Å²) in [4.78, 5) is 1.46. The Bertz CT molecular complexity index is 552. The predicted molar refractivity (Wildman–Crippen MR) is 91.7 cm³/mol. The van der Waals surface area contributed by atoms with Gasteiger partial charge in [0.1, 0.15) is 0 Å². The standard InChI is InChI=1S/C19H25NS/c1-13(2)18(17-5-4-12-21-17)20-19(16-10-11-16)15-8-6-14(3)7-9-15/h4-9,12-13,16,18-20H,10-11H2,1-3H3. The van der Waals surface area contributed by atoms with Crippen LogP contribution in [0.15, 0.2) is 41.8 Å². The number of hydrogen-bond donors (Lipinski definition) is 1. The van der Waals surface area contributed by atoms with Crippen molar-refractivity contribution < 1.29 is 0 Å². The first-order valence-corrected chi connectivity index (χ1v) is 8.89. The van der Waals surface area contributed by atoms with Crippen LogP contribution in [0.25, 0.3) is 0 Å². The molecule has 3 rings (SSSR count).